The molecule has 1 aliphatic heterocycles. The number of amides is 2. The molecule has 0 aromatic heterocycles. The maximum Gasteiger partial charge on any atom is 0.418 e. The van der Waals surface area contributed by atoms with Gasteiger partial charge in [0, 0.05) is 0 Å². The molecule has 1 rings (SSSR count). The molecule has 0 N–H and O–H groups in total. The predicted octanol–water partition coefficient (Wildman–Crippen LogP) is 2.36. The van der Waals surface area contributed by atoms with Gasteiger partial charge in [0.25, 0.3) is 5.91 Å². The summed E-state index contributed by atoms with van der Waals surface area (Å²) in [6.45, 7) is 8.36. The van der Waals surface area contributed by atoms with Gasteiger partial charge in [0.2, 0.25) is 0 Å². The van der Waals surface area contributed by atoms with Gasteiger partial charge in [-0.25, -0.2) is 9.69 Å². The first-order chi connectivity index (χ1) is 8.60. The Morgan fingerprint density at radius 1 is 1.32 bits per heavy atom. The van der Waals surface area contributed by atoms with E-state index in [0.717, 1.165) is 4.90 Å². The molecule has 1 aliphatic rings. The van der Waals surface area contributed by atoms with Crippen LogP contribution in [0, 0.1) is 0 Å². The summed E-state index contributed by atoms with van der Waals surface area (Å²) in [7, 11) is 0. The van der Waals surface area contributed by atoms with Gasteiger partial charge >= 0.3 is 6.09 Å². The number of ether oxygens (including phenoxy) is 1. The van der Waals surface area contributed by atoms with E-state index < -0.39 is 23.6 Å². The van der Waals surface area contributed by atoms with Crippen molar-refractivity contribution in [3.8, 4) is 0 Å². The lowest BCUT2D eigenvalue weighted by molar-refractivity contribution is -0.125. The van der Waals surface area contributed by atoms with Gasteiger partial charge in [-0.1, -0.05) is 0 Å². The fourth-order valence-electron chi connectivity index (χ4n) is 1.71. The van der Waals surface area contributed by atoms with E-state index in [0.29, 0.717) is 4.91 Å². The number of imide groups is 1. The summed E-state index contributed by atoms with van der Waals surface area (Å²) in [4.78, 5) is 37.7. The SMILES string of the molecule is CS/C(C)=C1/C(=O)C(C)N(C(=O)OC(C)(C)C)C1=O. The lowest BCUT2D eigenvalue weighted by atomic mass is 10.1. The summed E-state index contributed by atoms with van der Waals surface area (Å²) < 4.78 is 5.16. The van der Waals surface area contributed by atoms with Gasteiger partial charge in [0.05, 0.1) is 5.57 Å². The minimum atomic E-state index is -0.806. The van der Waals surface area contributed by atoms with Gasteiger partial charge in [-0.15, -0.1) is 11.8 Å². The normalized spacial score (nSPS) is 22.8. The van der Waals surface area contributed by atoms with Crippen LogP contribution in [0.3, 0.4) is 0 Å². The van der Waals surface area contributed by atoms with Crippen molar-refractivity contribution in [3.63, 3.8) is 0 Å². The Bertz CT molecular complexity index is 462. The molecule has 0 aromatic rings. The van der Waals surface area contributed by atoms with Crippen molar-refractivity contribution in [1.82, 2.24) is 4.90 Å². The van der Waals surface area contributed by atoms with Crippen LogP contribution in [0.25, 0.3) is 0 Å². The van der Waals surface area contributed by atoms with E-state index in [-0.39, 0.29) is 11.4 Å². The van der Waals surface area contributed by atoms with Gasteiger partial charge in [-0.2, -0.15) is 0 Å². The van der Waals surface area contributed by atoms with Crippen molar-refractivity contribution in [1.29, 1.82) is 0 Å². The van der Waals surface area contributed by atoms with Crippen molar-refractivity contribution in [3.05, 3.63) is 10.5 Å². The Labute approximate surface area is 117 Å². The van der Waals surface area contributed by atoms with Crippen molar-refractivity contribution in [2.24, 2.45) is 0 Å². The van der Waals surface area contributed by atoms with Gasteiger partial charge in [0.1, 0.15) is 11.6 Å². The average Bonchev–Trinajstić information content (AvgIpc) is 2.47. The number of thioether (sulfide) groups is 1. The molecule has 0 bridgehead atoms. The Balaban J connectivity index is 3.09. The topological polar surface area (TPSA) is 63.7 Å². The van der Waals surface area contributed by atoms with Gasteiger partial charge in [0.15, 0.2) is 5.78 Å². The van der Waals surface area contributed by atoms with Gasteiger partial charge in [-0.3, -0.25) is 9.59 Å². The minimum Gasteiger partial charge on any atom is -0.443 e. The van der Waals surface area contributed by atoms with Crippen molar-refractivity contribution in [2.75, 3.05) is 6.26 Å². The molecule has 2 amide bonds. The van der Waals surface area contributed by atoms with E-state index in [2.05, 4.69) is 0 Å². The molecule has 5 nitrogen and oxygen atoms in total. The number of carbonyl (C=O) groups excluding carboxylic acids is 3. The summed E-state index contributed by atoms with van der Waals surface area (Å²) in [6.07, 6.45) is 1.01. The maximum absolute atomic E-state index is 12.2. The van der Waals surface area contributed by atoms with Gasteiger partial charge in [-0.05, 0) is 45.8 Å². The summed E-state index contributed by atoms with van der Waals surface area (Å²) in [5.74, 6) is -0.902. The zero-order valence-electron chi connectivity index (χ0n) is 12.1. The number of carbonyl (C=O) groups is 3. The number of likely N-dealkylation sites (tertiary alicyclic amines) is 1. The lowest BCUT2D eigenvalue weighted by Crippen LogP contribution is -2.42. The highest BCUT2D eigenvalue weighted by molar-refractivity contribution is 8.02. The van der Waals surface area contributed by atoms with E-state index in [1.165, 1.54) is 18.7 Å². The van der Waals surface area contributed by atoms with Crippen LogP contribution in [0.2, 0.25) is 0 Å². The highest BCUT2D eigenvalue weighted by Gasteiger charge is 2.46. The first-order valence-corrected chi connectivity index (χ1v) is 7.18. The Hall–Kier alpha value is -1.30. The number of Topliss-reactive ketones (excluding diaryl/α,β-unsaturated/α-hetero) is 1. The molecule has 0 spiro atoms. The zero-order chi connectivity index (χ0) is 15.0. The zero-order valence-corrected chi connectivity index (χ0v) is 12.9. The second kappa shape index (κ2) is 5.36. The molecule has 106 valence electrons. The van der Waals surface area contributed by atoms with Gasteiger partial charge < -0.3 is 4.74 Å². The first-order valence-electron chi connectivity index (χ1n) is 5.95. The largest absolute Gasteiger partial charge is 0.443 e. The predicted molar refractivity (Wildman–Crippen MR) is 73.8 cm³/mol. The van der Waals surface area contributed by atoms with Crippen molar-refractivity contribution < 1.29 is 19.1 Å². The molecule has 0 aliphatic carbocycles. The number of hydrogen-bond acceptors (Lipinski definition) is 5. The summed E-state index contributed by atoms with van der Waals surface area (Å²) >= 11 is 1.32. The lowest BCUT2D eigenvalue weighted by Gasteiger charge is -2.24. The molecular weight excluding hydrogens is 266 g/mol. The van der Waals surface area contributed by atoms with Crippen LogP contribution in [-0.4, -0.2) is 40.6 Å². The molecule has 0 radical (unpaired) electrons. The van der Waals surface area contributed by atoms with E-state index in [9.17, 15) is 14.4 Å². The highest BCUT2D eigenvalue weighted by atomic mass is 32.2. The smallest absolute Gasteiger partial charge is 0.418 e. The monoisotopic (exact) mass is 285 g/mol. The number of rotatable bonds is 1. The molecule has 0 saturated carbocycles. The highest BCUT2D eigenvalue weighted by Crippen LogP contribution is 2.28. The molecule has 1 unspecified atom stereocenters. The third kappa shape index (κ3) is 3.18. The van der Waals surface area contributed by atoms with E-state index >= 15 is 0 Å². The Morgan fingerprint density at radius 3 is 2.26 bits per heavy atom. The van der Waals surface area contributed by atoms with Crippen LogP contribution in [0.4, 0.5) is 4.79 Å². The molecule has 19 heavy (non-hydrogen) atoms. The molecule has 0 aromatic carbocycles. The van der Waals surface area contributed by atoms with E-state index in [4.69, 9.17) is 4.74 Å². The third-order valence-electron chi connectivity index (χ3n) is 2.69. The second-order valence-corrected chi connectivity index (χ2v) is 6.35. The molecular formula is C13H19NO4S. The maximum atomic E-state index is 12.2. The van der Waals surface area contributed by atoms with Crippen LogP contribution in [-0.2, 0) is 14.3 Å². The number of nitrogens with zero attached hydrogens (tertiary/aromatic N) is 1. The van der Waals surface area contributed by atoms with Crippen LogP contribution < -0.4 is 0 Å². The quantitative estimate of drug-likeness (QED) is 0.546. The molecule has 6 heteroatoms. The van der Waals surface area contributed by atoms with Crippen LogP contribution in [0.5, 0.6) is 0 Å². The molecule has 1 saturated heterocycles. The second-order valence-electron chi connectivity index (χ2n) is 5.33. The summed E-state index contributed by atoms with van der Waals surface area (Å²) in [5, 5.41) is 0. The number of hydrogen-bond donors (Lipinski definition) is 0. The number of ketones is 1. The average molecular weight is 285 g/mol. The molecule has 1 heterocycles. The van der Waals surface area contributed by atoms with E-state index in [1.807, 2.05) is 0 Å². The Kier molecular flexibility index (Phi) is 4.45. The fourth-order valence-corrected chi connectivity index (χ4v) is 2.10. The Morgan fingerprint density at radius 2 is 1.84 bits per heavy atom. The summed E-state index contributed by atoms with van der Waals surface area (Å²) in [6, 6.07) is -0.806. The van der Waals surface area contributed by atoms with Crippen molar-refractivity contribution >= 4 is 29.5 Å². The fraction of sp³-hybridized carbons (Fsp3) is 0.615. The minimum absolute atomic E-state index is 0.0888. The molecule has 1 fully saturated rings. The van der Waals surface area contributed by atoms with E-state index in [1.54, 1.807) is 34.0 Å². The summed E-state index contributed by atoms with van der Waals surface area (Å²) in [5.41, 5.74) is -0.618. The van der Waals surface area contributed by atoms with Crippen molar-refractivity contribution in [2.45, 2.75) is 46.3 Å². The standard InChI is InChI=1S/C13H19NO4S/c1-7-10(15)9(8(2)19-6)11(16)14(7)12(17)18-13(3,4)5/h7H,1-6H3/b9-8-. The number of allylic oxidation sites excluding steroid dienone is 1. The third-order valence-corrected chi connectivity index (χ3v) is 3.51. The van der Waals surface area contributed by atoms with Crippen LogP contribution >= 0.6 is 11.8 Å². The van der Waals surface area contributed by atoms with Crippen LogP contribution in [0.15, 0.2) is 10.5 Å². The first kappa shape index (κ1) is 15.8. The van der Waals surface area contributed by atoms with Crippen LogP contribution in [0.1, 0.15) is 34.6 Å². The molecule has 1 atom stereocenters.